The van der Waals surface area contributed by atoms with Crippen LogP contribution in [0.1, 0.15) is 20.3 Å². The minimum Gasteiger partial charge on any atom is -0.378 e. The number of hydrogen-bond acceptors (Lipinski definition) is 2. The lowest BCUT2D eigenvalue weighted by Crippen LogP contribution is -2.35. The third-order valence-electron chi connectivity index (χ3n) is 1.92. The largest absolute Gasteiger partial charge is 0.378 e. The summed E-state index contributed by atoms with van der Waals surface area (Å²) in [6.07, 6.45) is -1.12. The quantitative estimate of drug-likeness (QED) is 0.591. The summed E-state index contributed by atoms with van der Waals surface area (Å²) in [7, 11) is 0. The highest BCUT2D eigenvalue weighted by Gasteiger charge is 2.31. The van der Waals surface area contributed by atoms with E-state index >= 15 is 0 Å². The third-order valence-corrected chi connectivity index (χ3v) is 1.92. The van der Waals surface area contributed by atoms with Crippen LogP contribution in [0.4, 0.5) is 4.39 Å². The van der Waals surface area contributed by atoms with E-state index in [-0.39, 0.29) is 12.5 Å². The highest BCUT2D eigenvalue weighted by atomic mass is 19.1. The molecule has 1 rings (SSSR count). The van der Waals surface area contributed by atoms with Crippen molar-refractivity contribution >= 4 is 0 Å². The Morgan fingerprint density at radius 2 is 2.20 bits per heavy atom. The Morgan fingerprint density at radius 1 is 1.60 bits per heavy atom. The van der Waals surface area contributed by atoms with Crippen molar-refractivity contribution in [1.29, 1.82) is 0 Å². The monoisotopic (exact) mass is 147 g/mol. The van der Waals surface area contributed by atoms with Gasteiger partial charge in [0.25, 0.3) is 0 Å². The minimum absolute atomic E-state index is 0.246. The van der Waals surface area contributed by atoms with Gasteiger partial charge in [-0.15, -0.1) is 0 Å². The van der Waals surface area contributed by atoms with Gasteiger partial charge < -0.3 is 5.11 Å². The molecule has 60 valence electrons. The number of nitrogens with zero attached hydrogens (tertiary/aromatic N) is 1. The normalized spacial score (nSPS) is 35.7. The summed E-state index contributed by atoms with van der Waals surface area (Å²) < 4.78 is 12.6. The molecule has 0 aromatic heterocycles. The molecule has 1 aliphatic heterocycles. The van der Waals surface area contributed by atoms with Crippen molar-refractivity contribution in [1.82, 2.24) is 4.90 Å². The maximum atomic E-state index is 12.6. The Bertz CT molecular complexity index is 118. The van der Waals surface area contributed by atoms with Crippen LogP contribution >= 0.6 is 0 Å². The smallest absolute Gasteiger partial charge is 0.117 e. The summed E-state index contributed by atoms with van der Waals surface area (Å²) in [5, 5.41) is 9.22. The van der Waals surface area contributed by atoms with E-state index in [2.05, 4.69) is 0 Å². The SMILES string of the molecule is CC(C)N1CC(F)CC1O. The second-order valence-corrected chi connectivity index (χ2v) is 3.10. The predicted octanol–water partition coefficient (Wildman–Crippen LogP) is 0.757. The summed E-state index contributed by atoms with van der Waals surface area (Å²) in [5.74, 6) is 0. The molecule has 1 heterocycles. The fourth-order valence-electron chi connectivity index (χ4n) is 1.34. The van der Waals surface area contributed by atoms with Crippen LogP contribution in [0.5, 0.6) is 0 Å². The van der Waals surface area contributed by atoms with E-state index in [1.807, 2.05) is 13.8 Å². The van der Waals surface area contributed by atoms with E-state index < -0.39 is 12.4 Å². The van der Waals surface area contributed by atoms with Crippen LogP contribution in [0.15, 0.2) is 0 Å². The Balaban J connectivity index is 2.46. The fraction of sp³-hybridized carbons (Fsp3) is 1.00. The molecule has 0 amide bonds. The van der Waals surface area contributed by atoms with Gasteiger partial charge in [0.1, 0.15) is 12.4 Å². The zero-order valence-corrected chi connectivity index (χ0v) is 6.42. The number of hydrogen-bond donors (Lipinski definition) is 1. The highest BCUT2D eigenvalue weighted by molar-refractivity contribution is 4.80. The number of aliphatic hydroxyl groups is 1. The molecule has 0 spiro atoms. The molecule has 0 aromatic carbocycles. The second-order valence-electron chi connectivity index (χ2n) is 3.10. The Hall–Kier alpha value is -0.150. The highest BCUT2D eigenvalue weighted by Crippen LogP contribution is 2.20. The van der Waals surface area contributed by atoms with E-state index in [1.165, 1.54) is 0 Å². The zero-order valence-electron chi connectivity index (χ0n) is 6.42. The summed E-state index contributed by atoms with van der Waals surface area (Å²) in [4.78, 5) is 1.77. The van der Waals surface area contributed by atoms with E-state index in [4.69, 9.17) is 0 Å². The molecule has 1 saturated heterocycles. The van der Waals surface area contributed by atoms with Gasteiger partial charge in [0.15, 0.2) is 0 Å². The van der Waals surface area contributed by atoms with Crippen molar-refractivity contribution < 1.29 is 9.50 Å². The maximum absolute atomic E-state index is 12.6. The fourth-order valence-corrected chi connectivity index (χ4v) is 1.34. The molecule has 0 bridgehead atoms. The maximum Gasteiger partial charge on any atom is 0.117 e. The lowest BCUT2D eigenvalue weighted by molar-refractivity contribution is 0.0182. The molecule has 3 heteroatoms. The van der Waals surface area contributed by atoms with Gasteiger partial charge in [-0.25, -0.2) is 4.39 Å². The number of aliphatic hydroxyl groups excluding tert-OH is 1. The molecule has 1 N–H and O–H groups in total. The molecule has 0 radical (unpaired) electrons. The molecule has 0 saturated carbocycles. The molecule has 10 heavy (non-hydrogen) atoms. The van der Waals surface area contributed by atoms with Crippen LogP contribution < -0.4 is 0 Å². The Labute approximate surface area is 60.6 Å². The van der Waals surface area contributed by atoms with E-state index in [0.717, 1.165) is 0 Å². The van der Waals surface area contributed by atoms with Gasteiger partial charge in [0, 0.05) is 19.0 Å². The van der Waals surface area contributed by atoms with Crippen LogP contribution in [0, 0.1) is 0 Å². The van der Waals surface area contributed by atoms with Gasteiger partial charge in [-0.1, -0.05) is 0 Å². The predicted molar refractivity (Wildman–Crippen MR) is 37.4 cm³/mol. The van der Waals surface area contributed by atoms with Gasteiger partial charge in [-0.2, -0.15) is 0 Å². The van der Waals surface area contributed by atoms with Crippen molar-refractivity contribution in [2.24, 2.45) is 0 Å². The van der Waals surface area contributed by atoms with Crippen molar-refractivity contribution in [3.63, 3.8) is 0 Å². The molecule has 1 aliphatic rings. The summed E-state index contributed by atoms with van der Waals surface area (Å²) in [5.41, 5.74) is 0. The van der Waals surface area contributed by atoms with Crippen LogP contribution in [0.3, 0.4) is 0 Å². The van der Waals surface area contributed by atoms with Crippen LogP contribution in [0.25, 0.3) is 0 Å². The Morgan fingerprint density at radius 3 is 2.40 bits per heavy atom. The van der Waals surface area contributed by atoms with Gasteiger partial charge in [0.05, 0.1) is 0 Å². The van der Waals surface area contributed by atoms with Crippen LogP contribution in [0.2, 0.25) is 0 Å². The van der Waals surface area contributed by atoms with E-state index in [0.29, 0.717) is 6.54 Å². The van der Waals surface area contributed by atoms with Crippen LogP contribution in [-0.4, -0.2) is 35.0 Å². The first kappa shape index (κ1) is 7.95. The van der Waals surface area contributed by atoms with Gasteiger partial charge in [-0.3, -0.25) is 4.90 Å². The number of halogens is 1. The summed E-state index contributed by atoms with van der Waals surface area (Å²) in [6, 6.07) is 0.246. The van der Waals surface area contributed by atoms with Crippen molar-refractivity contribution in [2.75, 3.05) is 6.54 Å². The molecule has 2 unspecified atom stereocenters. The first-order valence-electron chi connectivity index (χ1n) is 3.69. The third kappa shape index (κ3) is 1.47. The van der Waals surface area contributed by atoms with Crippen molar-refractivity contribution in [3.05, 3.63) is 0 Å². The van der Waals surface area contributed by atoms with Gasteiger partial charge >= 0.3 is 0 Å². The number of alkyl halides is 1. The molecule has 0 aliphatic carbocycles. The molecular weight excluding hydrogens is 133 g/mol. The number of likely N-dealkylation sites (tertiary alicyclic amines) is 1. The van der Waals surface area contributed by atoms with Gasteiger partial charge in [0.2, 0.25) is 0 Å². The average molecular weight is 147 g/mol. The molecule has 2 atom stereocenters. The second kappa shape index (κ2) is 2.84. The van der Waals surface area contributed by atoms with E-state index in [9.17, 15) is 9.50 Å². The summed E-state index contributed by atoms with van der Waals surface area (Å²) in [6.45, 7) is 4.31. The van der Waals surface area contributed by atoms with Crippen molar-refractivity contribution in [3.8, 4) is 0 Å². The average Bonchev–Trinajstić information content (AvgIpc) is 2.10. The first-order valence-corrected chi connectivity index (χ1v) is 3.69. The zero-order chi connectivity index (χ0) is 7.72. The molecule has 0 aromatic rings. The molecule has 1 fully saturated rings. The lowest BCUT2D eigenvalue weighted by atomic mass is 10.3. The Kier molecular flexibility index (Phi) is 2.26. The molecular formula is C7H14FNO. The van der Waals surface area contributed by atoms with Crippen LogP contribution in [-0.2, 0) is 0 Å². The minimum atomic E-state index is -0.836. The lowest BCUT2D eigenvalue weighted by Gasteiger charge is -2.23. The van der Waals surface area contributed by atoms with Crippen molar-refractivity contribution in [2.45, 2.75) is 38.7 Å². The first-order chi connectivity index (χ1) is 4.61. The topological polar surface area (TPSA) is 23.5 Å². The number of rotatable bonds is 1. The van der Waals surface area contributed by atoms with Gasteiger partial charge in [-0.05, 0) is 13.8 Å². The van der Waals surface area contributed by atoms with E-state index in [1.54, 1.807) is 4.90 Å². The molecule has 2 nitrogen and oxygen atoms in total. The summed E-state index contributed by atoms with van der Waals surface area (Å²) >= 11 is 0. The standard InChI is InChI=1S/C7H14FNO/c1-5(2)9-4-6(8)3-7(9)10/h5-7,10H,3-4H2,1-2H3.